The molecule has 0 bridgehead atoms. The van der Waals surface area contributed by atoms with Crippen LogP contribution < -0.4 is 0 Å². The van der Waals surface area contributed by atoms with E-state index in [9.17, 15) is 9.50 Å². The summed E-state index contributed by atoms with van der Waals surface area (Å²) in [6.07, 6.45) is 15.6. The number of aliphatic hydroxyl groups excluding tert-OH is 1. The summed E-state index contributed by atoms with van der Waals surface area (Å²) >= 11 is 0. The average Bonchev–Trinajstić information content (AvgIpc) is 3.61. The Morgan fingerprint density at radius 1 is 1.26 bits per heavy atom. The first kappa shape index (κ1) is 23.1. The summed E-state index contributed by atoms with van der Waals surface area (Å²) < 4.78 is 29.6. The number of rotatable bonds is 11. The first-order chi connectivity index (χ1) is 15.1. The van der Waals surface area contributed by atoms with Gasteiger partial charge in [-0.15, -0.1) is 0 Å². The SMILES string of the molecule is CO/C=C/C(=C\C=C\OCC(O)C1CC1)N1C=CC(OCc2ccc(F)cc2)CC1C. The molecule has 0 radical (unpaired) electrons. The predicted molar refractivity (Wildman–Crippen MR) is 118 cm³/mol. The van der Waals surface area contributed by atoms with Gasteiger partial charge in [0.25, 0.3) is 0 Å². The smallest absolute Gasteiger partial charge is 0.123 e. The summed E-state index contributed by atoms with van der Waals surface area (Å²) in [4.78, 5) is 2.15. The van der Waals surface area contributed by atoms with Gasteiger partial charge >= 0.3 is 0 Å². The van der Waals surface area contributed by atoms with E-state index in [0.29, 0.717) is 19.1 Å². The third kappa shape index (κ3) is 7.56. The Balaban J connectivity index is 1.55. The van der Waals surface area contributed by atoms with Crippen molar-refractivity contribution in [2.45, 2.75) is 51.0 Å². The van der Waals surface area contributed by atoms with Gasteiger partial charge < -0.3 is 24.2 Å². The Labute approximate surface area is 184 Å². The third-order valence-electron chi connectivity index (χ3n) is 5.43. The molecule has 0 spiro atoms. The Kier molecular flexibility index (Phi) is 8.74. The van der Waals surface area contributed by atoms with Crippen LogP contribution in [0.15, 0.2) is 73.0 Å². The topological polar surface area (TPSA) is 51.2 Å². The van der Waals surface area contributed by atoms with E-state index < -0.39 is 0 Å². The first-order valence-electron chi connectivity index (χ1n) is 10.8. The van der Waals surface area contributed by atoms with Gasteiger partial charge in [0.15, 0.2) is 0 Å². The summed E-state index contributed by atoms with van der Waals surface area (Å²) in [5.41, 5.74) is 1.90. The lowest BCUT2D eigenvalue weighted by molar-refractivity contribution is 0.0461. The van der Waals surface area contributed by atoms with Crippen molar-refractivity contribution in [1.82, 2.24) is 4.90 Å². The highest BCUT2D eigenvalue weighted by molar-refractivity contribution is 5.25. The van der Waals surface area contributed by atoms with Crippen LogP contribution in [0, 0.1) is 11.7 Å². The summed E-state index contributed by atoms with van der Waals surface area (Å²) in [6, 6.07) is 6.59. The number of ether oxygens (including phenoxy) is 3. The summed E-state index contributed by atoms with van der Waals surface area (Å²) in [6.45, 7) is 2.91. The second-order valence-corrected chi connectivity index (χ2v) is 8.01. The van der Waals surface area contributed by atoms with Gasteiger partial charge in [-0.05, 0) is 74.1 Å². The maximum Gasteiger partial charge on any atom is 0.123 e. The van der Waals surface area contributed by atoms with Crippen LogP contribution in [0.2, 0.25) is 0 Å². The molecule has 0 amide bonds. The molecule has 0 aromatic heterocycles. The van der Waals surface area contributed by atoms with Crippen LogP contribution in [0.3, 0.4) is 0 Å². The van der Waals surface area contributed by atoms with Gasteiger partial charge in [0.05, 0.1) is 38.4 Å². The van der Waals surface area contributed by atoms with E-state index in [0.717, 1.165) is 30.5 Å². The molecule has 1 fully saturated rings. The van der Waals surface area contributed by atoms with E-state index in [1.807, 2.05) is 30.5 Å². The molecule has 0 saturated heterocycles. The number of benzene rings is 1. The van der Waals surface area contributed by atoms with Crippen molar-refractivity contribution in [3.8, 4) is 0 Å². The number of methoxy groups -OCH3 is 1. The molecule has 1 aliphatic carbocycles. The van der Waals surface area contributed by atoms with Gasteiger partial charge in [0.2, 0.25) is 0 Å². The van der Waals surface area contributed by atoms with Gasteiger partial charge in [-0.2, -0.15) is 0 Å². The van der Waals surface area contributed by atoms with Gasteiger partial charge in [-0.1, -0.05) is 12.1 Å². The van der Waals surface area contributed by atoms with Crippen LogP contribution in [0.25, 0.3) is 0 Å². The predicted octanol–water partition coefficient (Wildman–Crippen LogP) is 4.66. The number of hydrogen-bond donors (Lipinski definition) is 1. The molecule has 5 nitrogen and oxygen atoms in total. The molecule has 6 heteroatoms. The molecule has 1 N–H and O–H groups in total. The van der Waals surface area contributed by atoms with E-state index in [2.05, 4.69) is 11.8 Å². The molecule has 1 aliphatic heterocycles. The Bertz CT molecular complexity index is 798. The number of hydrogen-bond acceptors (Lipinski definition) is 5. The molecular weight excluding hydrogens is 397 g/mol. The molecule has 3 rings (SSSR count). The van der Waals surface area contributed by atoms with Crippen LogP contribution in [-0.4, -0.2) is 42.0 Å². The quantitative estimate of drug-likeness (QED) is 0.409. The third-order valence-corrected chi connectivity index (χ3v) is 5.43. The first-order valence-corrected chi connectivity index (χ1v) is 10.8. The van der Waals surface area contributed by atoms with E-state index in [4.69, 9.17) is 14.2 Å². The van der Waals surface area contributed by atoms with Crippen molar-refractivity contribution in [3.63, 3.8) is 0 Å². The van der Waals surface area contributed by atoms with Crippen LogP contribution in [0.5, 0.6) is 0 Å². The number of nitrogens with zero attached hydrogens (tertiary/aromatic N) is 1. The van der Waals surface area contributed by atoms with E-state index in [1.165, 1.54) is 12.1 Å². The van der Waals surface area contributed by atoms with Crippen LogP contribution in [-0.2, 0) is 20.8 Å². The maximum absolute atomic E-state index is 13.0. The van der Waals surface area contributed by atoms with Crippen LogP contribution >= 0.6 is 0 Å². The summed E-state index contributed by atoms with van der Waals surface area (Å²) in [7, 11) is 1.61. The monoisotopic (exact) mass is 429 g/mol. The highest BCUT2D eigenvalue weighted by Crippen LogP contribution is 2.32. The zero-order valence-corrected chi connectivity index (χ0v) is 18.2. The normalized spacial score (nSPS) is 23.0. The van der Waals surface area contributed by atoms with Gasteiger partial charge in [0.1, 0.15) is 12.4 Å². The molecule has 3 atom stereocenters. The van der Waals surface area contributed by atoms with E-state index in [1.54, 1.807) is 31.8 Å². The largest absolute Gasteiger partial charge is 0.504 e. The second kappa shape index (κ2) is 11.7. The van der Waals surface area contributed by atoms with Crippen molar-refractivity contribution in [2.24, 2.45) is 5.92 Å². The minimum absolute atomic E-state index is 0.00764. The lowest BCUT2D eigenvalue weighted by atomic mass is 10.0. The van der Waals surface area contributed by atoms with Crippen molar-refractivity contribution in [1.29, 1.82) is 0 Å². The van der Waals surface area contributed by atoms with Crippen molar-refractivity contribution in [3.05, 3.63) is 84.4 Å². The van der Waals surface area contributed by atoms with Gasteiger partial charge in [-0.3, -0.25) is 0 Å². The molecule has 3 unspecified atom stereocenters. The molecule has 1 heterocycles. The van der Waals surface area contributed by atoms with Crippen molar-refractivity contribution in [2.75, 3.05) is 13.7 Å². The minimum Gasteiger partial charge on any atom is -0.504 e. The van der Waals surface area contributed by atoms with Crippen molar-refractivity contribution >= 4 is 0 Å². The van der Waals surface area contributed by atoms with Crippen molar-refractivity contribution < 1.29 is 23.7 Å². The Hall–Kier alpha value is -2.57. The number of halogens is 1. The number of aliphatic hydroxyl groups is 1. The lowest BCUT2D eigenvalue weighted by Gasteiger charge is -2.34. The Morgan fingerprint density at radius 3 is 2.71 bits per heavy atom. The fourth-order valence-electron chi connectivity index (χ4n) is 3.44. The summed E-state index contributed by atoms with van der Waals surface area (Å²) in [5, 5.41) is 9.86. The number of allylic oxidation sites excluding steroid dienone is 3. The standard InChI is InChI=1S/C25H32FNO4/c1-19-16-24(31-17-20-5-9-22(26)10-6-20)11-13-27(19)23(12-15-29-2)4-3-14-30-18-25(28)21-7-8-21/h3-6,9-15,19,21,24-25,28H,7-8,16-18H2,1-2H3/b14-3+,15-12+,23-4+. The fourth-order valence-corrected chi connectivity index (χ4v) is 3.44. The Morgan fingerprint density at radius 2 is 2.03 bits per heavy atom. The van der Waals surface area contributed by atoms with Gasteiger partial charge in [0, 0.05) is 17.9 Å². The maximum atomic E-state index is 13.0. The molecular formula is C25H32FNO4. The molecule has 168 valence electrons. The zero-order valence-electron chi connectivity index (χ0n) is 18.2. The second-order valence-electron chi connectivity index (χ2n) is 8.01. The van der Waals surface area contributed by atoms with Crippen LogP contribution in [0.1, 0.15) is 31.7 Å². The molecule has 1 aromatic carbocycles. The van der Waals surface area contributed by atoms with Crippen LogP contribution in [0.4, 0.5) is 4.39 Å². The zero-order chi connectivity index (χ0) is 22.1. The average molecular weight is 430 g/mol. The van der Waals surface area contributed by atoms with E-state index in [-0.39, 0.29) is 24.1 Å². The molecule has 31 heavy (non-hydrogen) atoms. The van der Waals surface area contributed by atoms with Gasteiger partial charge in [-0.25, -0.2) is 4.39 Å². The molecule has 1 aromatic rings. The highest BCUT2D eigenvalue weighted by Gasteiger charge is 2.29. The van der Waals surface area contributed by atoms with E-state index >= 15 is 0 Å². The molecule has 2 aliphatic rings. The summed E-state index contributed by atoms with van der Waals surface area (Å²) in [5.74, 6) is 0.161. The highest BCUT2D eigenvalue weighted by atomic mass is 19.1. The molecule has 1 saturated carbocycles. The fraction of sp³-hybridized carbons (Fsp3) is 0.440. The lowest BCUT2D eigenvalue weighted by Crippen LogP contribution is -2.35. The minimum atomic E-state index is -0.376.